The summed E-state index contributed by atoms with van der Waals surface area (Å²) >= 11 is 0. The largest absolute Gasteiger partial charge is 0.390 e. The van der Waals surface area contributed by atoms with Crippen molar-refractivity contribution in [3.05, 3.63) is 64.7 Å². The summed E-state index contributed by atoms with van der Waals surface area (Å²) in [5.74, 6) is -8.52. The molecule has 0 aliphatic heterocycles. The first kappa shape index (κ1) is 22.3. The molecule has 2 bridgehead atoms. The van der Waals surface area contributed by atoms with Crippen molar-refractivity contribution in [2.45, 2.75) is 56.1 Å². The van der Waals surface area contributed by atoms with E-state index in [1.54, 1.807) is 0 Å². The summed E-state index contributed by atoms with van der Waals surface area (Å²) in [5, 5.41) is 15.0. The molecule has 0 saturated heterocycles. The molecule has 3 N–H and O–H groups in total. The molecule has 0 radical (unpaired) electrons. The lowest BCUT2D eigenvalue weighted by Crippen LogP contribution is -2.50. The van der Waals surface area contributed by atoms with E-state index in [9.17, 15) is 32.3 Å². The highest BCUT2D eigenvalue weighted by atomic mass is 19.3. The zero-order valence-corrected chi connectivity index (χ0v) is 17.3. The van der Waals surface area contributed by atoms with Crippen molar-refractivity contribution in [2.75, 3.05) is 5.32 Å². The lowest BCUT2D eigenvalue weighted by atomic mass is 9.92. The molecule has 4 rings (SSSR count). The normalized spacial score (nSPS) is 24.4. The molecule has 5 nitrogen and oxygen atoms in total. The van der Waals surface area contributed by atoms with Crippen molar-refractivity contribution in [3.63, 3.8) is 0 Å². The molecule has 32 heavy (non-hydrogen) atoms. The van der Waals surface area contributed by atoms with Gasteiger partial charge in [0.25, 0.3) is 11.8 Å². The lowest BCUT2D eigenvalue weighted by Gasteiger charge is -2.30. The van der Waals surface area contributed by atoms with E-state index in [1.807, 2.05) is 0 Å². The highest BCUT2D eigenvalue weighted by molar-refractivity contribution is 6.04. The second-order valence-corrected chi connectivity index (χ2v) is 8.82. The van der Waals surface area contributed by atoms with Crippen LogP contribution in [0.3, 0.4) is 0 Å². The Morgan fingerprint density at radius 2 is 1.66 bits per heavy atom. The second kappa shape index (κ2) is 7.58. The zero-order valence-electron chi connectivity index (χ0n) is 17.3. The molecule has 2 saturated carbocycles. The molecule has 2 aromatic carbocycles. The smallest absolute Gasteiger partial charge is 0.352 e. The maximum Gasteiger partial charge on any atom is 0.352 e. The molecule has 0 spiro atoms. The van der Waals surface area contributed by atoms with Crippen molar-refractivity contribution >= 4 is 17.5 Å². The first-order chi connectivity index (χ1) is 14.9. The minimum atomic E-state index is -4.23. The van der Waals surface area contributed by atoms with E-state index in [1.165, 1.54) is 19.1 Å². The summed E-state index contributed by atoms with van der Waals surface area (Å²) in [4.78, 5) is 24.9. The number of fused-ring (bicyclic) bond motifs is 2. The molecule has 0 aromatic heterocycles. The van der Waals surface area contributed by atoms with Crippen molar-refractivity contribution < 1.29 is 32.3 Å². The fourth-order valence-electron chi connectivity index (χ4n) is 4.62. The van der Waals surface area contributed by atoms with Gasteiger partial charge >= 0.3 is 5.92 Å². The number of alkyl halides is 2. The number of aryl methyl sites for hydroxylation is 1. The van der Waals surface area contributed by atoms with Crippen molar-refractivity contribution in [1.82, 2.24) is 5.32 Å². The summed E-state index contributed by atoms with van der Waals surface area (Å²) in [6.45, 7) is 1.50. The summed E-state index contributed by atoms with van der Waals surface area (Å²) in [7, 11) is 0. The minimum absolute atomic E-state index is 0.184. The van der Waals surface area contributed by atoms with Gasteiger partial charge in [-0.15, -0.1) is 0 Å². The third-order valence-corrected chi connectivity index (χ3v) is 6.45. The lowest BCUT2D eigenvalue weighted by molar-refractivity contribution is -0.149. The molecule has 2 aromatic rings. The molecule has 9 heteroatoms. The first-order valence-corrected chi connectivity index (χ1v) is 10.2. The Kier molecular flexibility index (Phi) is 5.27. The number of hydrogen-bond acceptors (Lipinski definition) is 3. The average Bonchev–Trinajstić information content (AvgIpc) is 3.23. The van der Waals surface area contributed by atoms with Crippen LogP contribution in [-0.2, 0) is 10.7 Å². The number of benzene rings is 2. The Bertz CT molecular complexity index is 1090. The van der Waals surface area contributed by atoms with Gasteiger partial charge in [-0.3, -0.25) is 9.59 Å². The van der Waals surface area contributed by atoms with Crippen LogP contribution in [0.4, 0.5) is 23.2 Å². The van der Waals surface area contributed by atoms with Gasteiger partial charge in [0, 0.05) is 16.8 Å². The molecule has 2 amide bonds. The molecular formula is C23H22F4N2O3. The number of carbonyl (C=O) groups excluding carboxylic acids is 2. The molecular weight excluding hydrogens is 428 g/mol. The predicted molar refractivity (Wildman–Crippen MR) is 108 cm³/mol. The Morgan fingerprint density at radius 1 is 1.00 bits per heavy atom. The highest BCUT2D eigenvalue weighted by Crippen LogP contribution is 2.51. The maximum atomic E-state index is 15.0. The van der Waals surface area contributed by atoms with Gasteiger partial charge in [0.2, 0.25) is 0 Å². The van der Waals surface area contributed by atoms with Gasteiger partial charge in [-0.1, -0.05) is 0 Å². The molecule has 0 atom stereocenters. The van der Waals surface area contributed by atoms with Crippen LogP contribution in [0.1, 0.15) is 53.6 Å². The van der Waals surface area contributed by atoms with Crippen LogP contribution < -0.4 is 10.6 Å². The van der Waals surface area contributed by atoms with Gasteiger partial charge in [0.1, 0.15) is 11.6 Å². The van der Waals surface area contributed by atoms with Crippen LogP contribution in [0.2, 0.25) is 0 Å². The van der Waals surface area contributed by atoms with E-state index in [-0.39, 0.29) is 23.2 Å². The summed E-state index contributed by atoms with van der Waals surface area (Å²) < 4.78 is 57.6. The summed E-state index contributed by atoms with van der Waals surface area (Å²) in [6.07, 6.45) is 1.74. The Hall–Kier alpha value is -2.94. The molecule has 2 fully saturated rings. The van der Waals surface area contributed by atoms with Gasteiger partial charge in [0.15, 0.2) is 0 Å². The number of anilines is 1. The van der Waals surface area contributed by atoms with E-state index < -0.39 is 46.1 Å². The van der Waals surface area contributed by atoms with Crippen LogP contribution in [0.25, 0.3) is 0 Å². The van der Waals surface area contributed by atoms with Crippen molar-refractivity contribution in [2.24, 2.45) is 0 Å². The van der Waals surface area contributed by atoms with Crippen LogP contribution in [0.5, 0.6) is 0 Å². The number of hydrogen-bond donors (Lipinski definition) is 3. The Labute approximate surface area is 181 Å². The fourth-order valence-corrected chi connectivity index (χ4v) is 4.62. The van der Waals surface area contributed by atoms with Crippen molar-refractivity contribution in [1.29, 1.82) is 0 Å². The first-order valence-electron chi connectivity index (χ1n) is 10.2. The number of aliphatic hydroxyl groups is 1. The molecule has 2 aliphatic carbocycles. The number of halogens is 4. The number of amides is 2. The van der Waals surface area contributed by atoms with E-state index in [0.29, 0.717) is 37.8 Å². The fraction of sp³-hybridized carbons (Fsp3) is 0.391. The number of carbonyl (C=O) groups is 2. The predicted octanol–water partition coefficient (Wildman–Crippen LogP) is 4.18. The van der Waals surface area contributed by atoms with Crippen LogP contribution in [0, 0.1) is 18.6 Å². The molecule has 2 aliphatic rings. The van der Waals surface area contributed by atoms with E-state index >= 15 is 0 Å². The summed E-state index contributed by atoms with van der Waals surface area (Å²) in [5.41, 5.74) is -2.88. The number of rotatable bonds is 5. The number of nitrogens with one attached hydrogen (secondary N) is 2. The monoisotopic (exact) mass is 450 g/mol. The SMILES string of the molecule is Cc1cc(NC(=O)c2ccc(F)c(C(F)(F)C(=O)NC34CCC(O)(CC3)C4)c2)ccc1F. The topological polar surface area (TPSA) is 78.4 Å². The Balaban J connectivity index is 1.55. The third kappa shape index (κ3) is 3.97. The van der Waals surface area contributed by atoms with Gasteiger partial charge in [-0.2, -0.15) is 8.78 Å². The van der Waals surface area contributed by atoms with Gasteiger partial charge in [-0.05, 0) is 81.0 Å². The van der Waals surface area contributed by atoms with Gasteiger partial charge in [-0.25, -0.2) is 8.78 Å². The molecule has 0 heterocycles. The van der Waals surface area contributed by atoms with Crippen LogP contribution in [-0.4, -0.2) is 28.1 Å². The molecule has 0 unspecified atom stereocenters. The van der Waals surface area contributed by atoms with Crippen molar-refractivity contribution in [3.8, 4) is 0 Å². The van der Waals surface area contributed by atoms with E-state index in [4.69, 9.17) is 0 Å². The Morgan fingerprint density at radius 3 is 2.25 bits per heavy atom. The standard InChI is InChI=1S/C23H22F4N2O3/c1-13-10-15(3-5-17(13)24)28-19(30)14-2-4-18(25)16(11-14)23(26,27)20(31)29-21-6-8-22(32,12-21)9-7-21/h2-5,10-11,32H,6-9,12H2,1H3,(H,28,30)(H,29,31). The highest BCUT2D eigenvalue weighted by Gasteiger charge is 2.56. The quantitative estimate of drug-likeness (QED) is 0.598. The van der Waals surface area contributed by atoms with Gasteiger partial charge in [0.05, 0.1) is 11.2 Å². The summed E-state index contributed by atoms with van der Waals surface area (Å²) in [6, 6.07) is 6.17. The minimum Gasteiger partial charge on any atom is -0.390 e. The second-order valence-electron chi connectivity index (χ2n) is 8.82. The van der Waals surface area contributed by atoms with Crippen LogP contribution in [0.15, 0.2) is 36.4 Å². The van der Waals surface area contributed by atoms with E-state index in [2.05, 4.69) is 10.6 Å². The third-order valence-electron chi connectivity index (χ3n) is 6.45. The average molecular weight is 450 g/mol. The zero-order chi connectivity index (χ0) is 23.3. The molecule has 170 valence electrons. The maximum absolute atomic E-state index is 15.0. The van der Waals surface area contributed by atoms with Gasteiger partial charge < -0.3 is 15.7 Å². The van der Waals surface area contributed by atoms with E-state index in [0.717, 1.165) is 12.1 Å². The van der Waals surface area contributed by atoms with Crippen LogP contribution >= 0.6 is 0 Å².